The van der Waals surface area contributed by atoms with E-state index in [9.17, 15) is 5.11 Å². The fourth-order valence-electron chi connectivity index (χ4n) is 1.95. The molecule has 0 saturated heterocycles. The number of furan rings is 1. The molecule has 1 aliphatic carbocycles. The van der Waals surface area contributed by atoms with Crippen molar-refractivity contribution in [1.82, 2.24) is 4.90 Å². The lowest BCUT2D eigenvalue weighted by molar-refractivity contribution is -0.0243. The maximum atomic E-state index is 10.4. The Morgan fingerprint density at radius 1 is 1.53 bits per heavy atom. The molecule has 2 rings (SSSR count). The molecule has 3 heteroatoms. The minimum Gasteiger partial charge on any atom is -0.468 e. The fourth-order valence-corrected chi connectivity index (χ4v) is 1.95. The smallest absolute Gasteiger partial charge is 0.117 e. The lowest BCUT2D eigenvalue weighted by Gasteiger charge is -2.34. The second kappa shape index (κ2) is 4.83. The van der Waals surface area contributed by atoms with Crippen LogP contribution in [0.3, 0.4) is 0 Å². The summed E-state index contributed by atoms with van der Waals surface area (Å²) in [5.41, 5.74) is -0.630. The highest BCUT2D eigenvalue weighted by atomic mass is 16.3. The summed E-state index contributed by atoms with van der Waals surface area (Å²) >= 11 is 0. The first-order chi connectivity index (χ1) is 7.99. The third-order valence-electron chi connectivity index (χ3n) is 3.77. The van der Waals surface area contributed by atoms with E-state index in [0.29, 0.717) is 6.04 Å². The van der Waals surface area contributed by atoms with Gasteiger partial charge in [-0.3, -0.25) is 4.90 Å². The van der Waals surface area contributed by atoms with Crippen LogP contribution in [0, 0.1) is 5.92 Å². The molecule has 0 spiro atoms. The Kier molecular flexibility index (Phi) is 3.59. The quantitative estimate of drug-likeness (QED) is 0.826. The topological polar surface area (TPSA) is 36.6 Å². The van der Waals surface area contributed by atoms with Gasteiger partial charge in [0.25, 0.3) is 0 Å². The molecule has 1 atom stereocenters. The standard InChI is InChI=1S/C14H23NO2/c1-11(2)14(3,16)10-15(12-6-7-12)9-13-5-4-8-17-13/h4-5,8,11-12,16H,6-7,9-10H2,1-3H3. The second-order valence-corrected chi connectivity index (χ2v) is 5.73. The van der Waals surface area contributed by atoms with Gasteiger partial charge in [0.1, 0.15) is 5.76 Å². The van der Waals surface area contributed by atoms with Gasteiger partial charge < -0.3 is 9.52 Å². The van der Waals surface area contributed by atoms with E-state index >= 15 is 0 Å². The summed E-state index contributed by atoms with van der Waals surface area (Å²) < 4.78 is 5.39. The van der Waals surface area contributed by atoms with Gasteiger partial charge in [-0.1, -0.05) is 13.8 Å². The Morgan fingerprint density at radius 2 is 2.24 bits per heavy atom. The minimum absolute atomic E-state index is 0.264. The molecule has 1 saturated carbocycles. The molecule has 0 amide bonds. The maximum Gasteiger partial charge on any atom is 0.117 e. The molecule has 1 aliphatic rings. The molecule has 17 heavy (non-hydrogen) atoms. The maximum absolute atomic E-state index is 10.4. The average Bonchev–Trinajstić information content (AvgIpc) is 2.97. The van der Waals surface area contributed by atoms with Crippen LogP contribution in [0.2, 0.25) is 0 Å². The number of nitrogens with zero attached hydrogens (tertiary/aromatic N) is 1. The SMILES string of the molecule is CC(C)C(C)(O)CN(Cc1ccco1)C1CC1. The van der Waals surface area contributed by atoms with Crippen LogP contribution in [0.5, 0.6) is 0 Å². The number of hydrogen-bond donors (Lipinski definition) is 1. The molecule has 3 nitrogen and oxygen atoms in total. The van der Waals surface area contributed by atoms with Crippen LogP contribution in [-0.2, 0) is 6.54 Å². The van der Waals surface area contributed by atoms with Crippen molar-refractivity contribution in [3.05, 3.63) is 24.2 Å². The van der Waals surface area contributed by atoms with E-state index in [4.69, 9.17) is 4.42 Å². The molecule has 0 aliphatic heterocycles. The van der Waals surface area contributed by atoms with Gasteiger partial charge in [-0.15, -0.1) is 0 Å². The molecule has 1 fully saturated rings. The van der Waals surface area contributed by atoms with Gasteiger partial charge in [0.15, 0.2) is 0 Å². The van der Waals surface area contributed by atoms with Gasteiger partial charge in [0, 0.05) is 12.6 Å². The van der Waals surface area contributed by atoms with Crippen molar-refractivity contribution >= 4 is 0 Å². The number of aliphatic hydroxyl groups is 1. The summed E-state index contributed by atoms with van der Waals surface area (Å²) in [6.45, 7) is 7.59. The molecule has 1 N–H and O–H groups in total. The monoisotopic (exact) mass is 237 g/mol. The van der Waals surface area contributed by atoms with Crippen LogP contribution in [0.1, 0.15) is 39.4 Å². The summed E-state index contributed by atoms with van der Waals surface area (Å²) in [4.78, 5) is 2.35. The van der Waals surface area contributed by atoms with Crippen LogP contribution < -0.4 is 0 Å². The van der Waals surface area contributed by atoms with E-state index in [-0.39, 0.29) is 5.92 Å². The van der Waals surface area contributed by atoms with Gasteiger partial charge >= 0.3 is 0 Å². The Morgan fingerprint density at radius 3 is 2.71 bits per heavy atom. The summed E-state index contributed by atoms with van der Waals surface area (Å²) in [5.74, 6) is 1.25. The van der Waals surface area contributed by atoms with Gasteiger partial charge in [-0.2, -0.15) is 0 Å². The van der Waals surface area contributed by atoms with Crippen molar-refractivity contribution in [3.63, 3.8) is 0 Å². The fraction of sp³-hybridized carbons (Fsp3) is 0.714. The molecule has 1 heterocycles. The molecule has 0 bridgehead atoms. The van der Waals surface area contributed by atoms with Gasteiger partial charge in [-0.25, -0.2) is 0 Å². The summed E-state index contributed by atoms with van der Waals surface area (Å²) in [6, 6.07) is 4.55. The predicted molar refractivity (Wildman–Crippen MR) is 67.6 cm³/mol. The van der Waals surface area contributed by atoms with Crippen molar-refractivity contribution < 1.29 is 9.52 Å². The highest BCUT2D eigenvalue weighted by Gasteiger charge is 2.35. The minimum atomic E-state index is -0.630. The van der Waals surface area contributed by atoms with E-state index in [2.05, 4.69) is 18.7 Å². The van der Waals surface area contributed by atoms with Gasteiger partial charge in [-0.05, 0) is 37.8 Å². The number of hydrogen-bond acceptors (Lipinski definition) is 3. The molecule has 0 radical (unpaired) electrons. The van der Waals surface area contributed by atoms with Crippen molar-refractivity contribution in [2.45, 2.75) is 51.8 Å². The molecule has 96 valence electrons. The largest absolute Gasteiger partial charge is 0.468 e. The molecule has 1 aromatic heterocycles. The molecular weight excluding hydrogens is 214 g/mol. The van der Waals surface area contributed by atoms with Crippen LogP contribution in [-0.4, -0.2) is 28.2 Å². The lowest BCUT2D eigenvalue weighted by Crippen LogP contribution is -2.45. The normalized spacial score (nSPS) is 19.9. The van der Waals surface area contributed by atoms with Crippen molar-refractivity contribution in [2.24, 2.45) is 5.92 Å². The molecule has 1 aromatic rings. The van der Waals surface area contributed by atoms with Crippen LogP contribution >= 0.6 is 0 Å². The summed E-state index contributed by atoms with van der Waals surface area (Å²) in [7, 11) is 0. The van der Waals surface area contributed by atoms with Crippen LogP contribution in [0.25, 0.3) is 0 Å². The highest BCUT2D eigenvalue weighted by Crippen LogP contribution is 2.31. The van der Waals surface area contributed by atoms with Crippen molar-refractivity contribution in [3.8, 4) is 0 Å². The van der Waals surface area contributed by atoms with Crippen molar-refractivity contribution in [2.75, 3.05) is 6.54 Å². The van der Waals surface area contributed by atoms with Crippen LogP contribution in [0.15, 0.2) is 22.8 Å². The first-order valence-electron chi connectivity index (χ1n) is 6.48. The third-order valence-corrected chi connectivity index (χ3v) is 3.77. The molecule has 1 unspecified atom stereocenters. The second-order valence-electron chi connectivity index (χ2n) is 5.73. The molecular formula is C14H23NO2. The van der Waals surface area contributed by atoms with E-state index in [0.717, 1.165) is 18.8 Å². The molecule has 0 aromatic carbocycles. The van der Waals surface area contributed by atoms with E-state index in [1.165, 1.54) is 12.8 Å². The van der Waals surface area contributed by atoms with Gasteiger partial charge in [0.2, 0.25) is 0 Å². The Bertz CT molecular complexity index is 339. The zero-order chi connectivity index (χ0) is 12.5. The van der Waals surface area contributed by atoms with Crippen LogP contribution in [0.4, 0.5) is 0 Å². The van der Waals surface area contributed by atoms with Gasteiger partial charge in [0.05, 0.1) is 18.4 Å². The zero-order valence-electron chi connectivity index (χ0n) is 11.0. The first kappa shape index (κ1) is 12.7. The summed E-state index contributed by atoms with van der Waals surface area (Å²) in [5, 5.41) is 10.4. The Balaban J connectivity index is 1.98. The van der Waals surface area contributed by atoms with Crippen molar-refractivity contribution in [1.29, 1.82) is 0 Å². The third kappa shape index (κ3) is 3.33. The van der Waals surface area contributed by atoms with E-state index < -0.39 is 5.60 Å². The first-order valence-corrected chi connectivity index (χ1v) is 6.48. The van der Waals surface area contributed by atoms with E-state index in [1.807, 2.05) is 19.1 Å². The summed E-state index contributed by atoms with van der Waals surface area (Å²) in [6.07, 6.45) is 4.20. The lowest BCUT2D eigenvalue weighted by atomic mass is 9.92. The Hall–Kier alpha value is -0.800. The number of rotatable bonds is 6. The predicted octanol–water partition coefficient (Wildman–Crippen LogP) is 2.65. The Labute approximate surface area is 103 Å². The average molecular weight is 237 g/mol. The highest BCUT2D eigenvalue weighted by molar-refractivity contribution is 5.00. The zero-order valence-corrected chi connectivity index (χ0v) is 11.0. The van der Waals surface area contributed by atoms with E-state index in [1.54, 1.807) is 6.26 Å².